The monoisotopic (exact) mass is 390 g/mol. The smallest absolute Gasteiger partial charge is 0.194 e. The lowest BCUT2D eigenvalue weighted by atomic mass is 10.1. The number of guanidine groups is 1. The maximum atomic E-state index is 5.78. The van der Waals surface area contributed by atoms with E-state index in [2.05, 4.69) is 44.9 Å². The van der Waals surface area contributed by atoms with Gasteiger partial charge < -0.3 is 19.5 Å². The minimum absolute atomic E-state index is 0.375. The van der Waals surface area contributed by atoms with Crippen LogP contribution in [0.25, 0.3) is 0 Å². The van der Waals surface area contributed by atoms with Gasteiger partial charge in [-0.1, -0.05) is 6.07 Å². The van der Waals surface area contributed by atoms with Gasteiger partial charge >= 0.3 is 0 Å². The first-order valence-corrected chi connectivity index (χ1v) is 10.6. The first-order valence-electron chi connectivity index (χ1n) is 9.69. The molecule has 2 aromatic heterocycles. The molecular formula is C19H30N6OS. The van der Waals surface area contributed by atoms with Crippen LogP contribution in [0.3, 0.4) is 0 Å². The van der Waals surface area contributed by atoms with Crippen LogP contribution in [-0.2, 0) is 24.8 Å². The number of nitrogens with zero attached hydrogens (tertiary/aromatic N) is 5. The number of aryl methyl sites for hydroxylation is 1. The molecule has 1 saturated heterocycles. The van der Waals surface area contributed by atoms with Crippen LogP contribution in [0, 0.1) is 6.92 Å². The third-order valence-corrected chi connectivity index (χ3v) is 5.87. The van der Waals surface area contributed by atoms with Gasteiger partial charge in [0.1, 0.15) is 12.4 Å². The van der Waals surface area contributed by atoms with Crippen LogP contribution in [-0.4, -0.2) is 58.0 Å². The molecule has 0 bridgehead atoms. The lowest BCUT2D eigenvalue weighted by molar-refractivity contribution is 0.0263. The maximum Gasteiger partial charge on any atom is 0.194 e. The Hall–Kier alpha value is -1.93. The molecule has 3 heterocycles. The van der Waals surface area contributed by atoms with Crippen molar-refractivity contribution in [1.82, 2.24) is 25.0 Å². The zero-order chi connectivity index (χ0) is 19.1. The predicted molar refractivity (Wildman–Crippen MR) is 109 cm³/mol. The van der Waals surface area contributed by atoms with E-state index in [9.17, 15) is 0 Å². The van der Waals surface area contributed by atoms with Crippen LogP contribution in [0.2, 0.25) is 0 Å². The molecule has 3 rings (SSSR count). The average molecular weight is 391 g/mol. The third-order valence-electron chi connectivity index (χ3n) is 4.93. The number of hydrogen-bond acceptors (Lipinski definition) is 5. The predicted octanol–water partition coefficient (Wildman–Crippen LogP) is 2.37. The number of piperidine rings is 1. The second-order valence-corrected chi connectivity index (χ2v) is 7.79. The maximum absolute atomic E-state index is 5.78. The first-order chi connectivity index (χ1) is 13.2. The highest BCUT2D eigenvalue weighted by Gasteiger charge is 2.22. The van der Waals surface area contributed by atoms with Gasteiger partial charge in [-0.25, -0.2) is 4.99 Å². The molecule has 0 aliphatic carbocycles. The molecule has 148 valence electrons. The topological polar surface area (TPSA) is 67.6 Å². The van der Waals surface area contributed by atoms with Crippen molar-refractivity contribution in [2.45, 2.75) is 45.8 Å². The summed E-state index contributed by atoms with van der Waals surface area (Å²) in [4.78, 5) is 8.58. The largest absolute Gasteiger partial charge is 0.378 e. The summed E-state index contributed by atoms with van der Waals surface area (Å²) in [7, 11) is 1.98. The number of likely N-dealkylation sites (tertiary alicyclic amines) is 1. The zero-order valence-electron chi connectivity index (χ0n) is 16.5. The molecule has 0 unspecified atom stereocenters. The summed E-state index contributed by atoms with van der Waals surface area (Å²) in [5.74, 6) is 2.75. The number of rotatable bonds is 7. The van der Waals surface area contributed by atoms with Gasteiger partial charge in [0, 0.05) is 38.2 Å². The van der Waals surface area contributed by atoms with Crippen LogP contribution in [0.5, 0.6) is 0 Å². The number of aromatic nitrogens is 3. The zero-order valence-corrected chi connectivity index (χ0v) is 17.3. The number of aliphatic imine (C=N–C) groups is 1. The average Bonchev–Trinajstić information content (AvgIpc) is 3.30. The van der Waals surface area contributed by atoms with E-state index in [1.54, 1.807) is 11.3 Å². The quantitative estimate of drug-likeness (QED) is 0.581. The van der Waals surface area contributed by atoms with Gasteiger partial charge in [-0.05, 0) is 44.6 Å². The van der Waals surface area contributed by atoms with Crippen molar-refractivity contribution < 1.29 is 4.74 Å². The molecule has 1 N–H and O–H groups in total. The lowest BCUT2D eigenvalue weighted by Crippen LogP contribution is -2.47. The van der Waals surface area contributed by atoms with Crippen LogP contribution in [0.4, 0.5) is 0 Å². The molecule has 7 nitrogen and oxygen atoms in total. The van der Waals surface area contributed by atoms with Crippen LogP contribution >= 0.6 is 11.3 Å². The highest BCUT2D eigenvalue weighted by Crippen LogP contribution is 2.14. The van der Waals surface area contributed by atoms with Crippen LogP contribution < -0.4 is 5.32 Å². The highest BCUT2D eigenvalue weighted by atomic mass is 32.1. The Bertz CT molecular complexity index is 719. The van der Waals surface area contributed by atoms with Crippen molar-refractivity contribution in [1.29, 1.82) is 0 Å². The molecule has 0 amide bonds. The van der Waals surface area contributed by atoms with Crippen molar-refractivity contribution in [2.75, 3.05) is 26.2 Å². The van der Waals surface area contributed by atoms with Crippen LogP contribution in [0.1, 0.15) is 36.3 Å². The molecule has 1 fully saturated rings. The minimum atomic E-state index is 0.375. The Balaban J connectivity index is 1.62. The first kappa shape index (κ1) is 19.8. The number of ether oxygens (including phenoxy) is 1. The molecule has 1 aliphatic heterocycles. The molecular weight excluding hydrogens is 360 g/mol. The lowest BCUT2D eigenvalue weighted by Gasteiger charge is -2.34. The van der Waals surface area contributed by atoms with Crippen molar-refractivity contribution in [2.24, 2.45) is 12.0 Å². The molecule has 27 heavy (non-hydrogen) atoms. The van der Waals surface area contributed by atoms with E-state index in [1.807, 2.05) is 18.5 Å². The Kier molecular flexibility index (Phi) is 7.23. The summed E-state index contributed by atoms with van der Waals surface area (Å²) in [5, 5.41) is 14.0. The SMILES string of the molecule is CCOC1CCN(C(=NCc2nnc(C)n2C)NCCc2cccs2)CC1. The van der Waals surface area contributed by atoms with Crippen molar-refractivity contribution in [3.05, 3.63) is 34.0 Å². The molecule has 0 radical (unpaired) electrons. The molecule has 0 atom stereocenters. The summed E-state index contributed by atoms with van der Waals surface area (Å²) >= 11 is 1.80. The second-order valence-electron chi connectivity index (χ2n) is 6.76. The van der Waals surface area contributed by atoms with E-state index >= 15 is 0 Å². The number of hydrogen-bond donors (Lipinski definition) is 1. The summed E-state index contributed by atoms with van der Waals surface area (Å²) < 4.78 is 7.78. The summed E-state index contributed by atoms with van der Waals surface area (Å²) in [6.07, 6.45) is 3.47. The van der Waals surface area contributed by atoms with Gasteiger partial charge in [0.05, 0.1) is 6.10 Å². The van der Waals surface area contributed by atoms with Gasteiger partial charge in [-0.2, -0.15) is 0 Å². The van der Waals surface area contributed by atoms with Crippen molar-refractivity contribution in [3.63, 3.8) is 0 Å². The van der Waals surface area contributed by atoms with E-state index in [1.165, 1.54) is 4.88 Å². The van der Waals surface area contributed by atoms with E-state index in [4.69, 9.17) is 9.73 Å². The molecule has 0 aromatic carbocycles. The Labute approximate surface area is 165 Å². The van der Waals surface area contributed by atoms with Crippen LogP contribution in [0.15, 0.2) is 22.5 Å². The van der Waals surface area contributed by atoms with E-state index in [0.29, 0.717) is 12.6 Å². The van der Waals surface area contributed by atoms with E-state index < -0.39 is 0 Å². The Morgan fingerprint density at radius 3 is 2.81 bits per heavy atom. The molecule has 8 heteroatoms. The molecule has 2 aromatic rings. The van der Waals surface area contributed by atoms with Crippen molar-refractivity contribution >= 4 is 17.3 Å². The van der Waals surface area contributed by atoms with E-state index in [-0.39, 0.29) is 0 Å². The highest BCUT2D eigenvalue weighted by molar-refractivity contribution is 7.09. The molecule has 1 aliphatic rings. The van der Waals surface area contributed by atoms with Gasteiger partial charge in [-0.3, -0.25) is 0 Å². The fourth-order valence-electron chi connectivity index (χ4n) is 3.22. The Morgan fingerprint density at radius 2 is 2.19 bits per heavy atom. The number of thiophene rings is 1. The normalized spacial score (nSPS) is 16.1. The standard InChI is InChI=1S/C19H30N6OS/c1-4-26-16-8-11-25(12-9-16)19(20-10-7-17-6-5-13-27-17)21-14-18-23-22-15(2)24(18)3/h5-6,13,16H,4,7-12,14H2,1-3H3,(H,20,21). The number of nitrogens with one attached hydrogen (secondary N) is 1. The third kappa shape index (κ3) is 5.52. The molecule has 0 saturated carbocycles. The fourth-order valence-corrected chi connectivity index (χ4v) is 3.93. The summed E-state index contributed by atoms with van der Waals surface area (Å²) in [6, 6.07) is 4.28. The summed E-state index contributed by atoms with van der Waals surface area (Å²) in [6.45, 7) is 8.15. The van der Waals surface area contributed by atoms with Gasteiger partial charge in [0.25, 0.3) is 0 Å². The fraction of sp³-hybridized carbons (Fsp3) is 0.632. The Morgan fingerprint density at radius 1 is 1.37 bits per heavy atom. The summed E-state index contributed by atoms with van der Waals surface area (Å²) in [5.41, 5.74) is 0. The second kappa shape index (κ2) is 9.85. The van der Waals surface area contributed by atoms with Crippen molar-refractivity contribution in [3.8, 4) is 0 Å². The van der Waals surface area contributed by atoms with Gasteiger partial charge in [0.2, 0.25) is 0 Å². The van der Waals surface area contributed by atoms with Gasteiger partial charge in [-0.15, -0.1) is 21.5 Å². The molecule has 0 spiro atoms. The van der Waals surface area contributed by atoms with Gasteiger partial charge in [0.15, 0.2) is 11.8 Å². The van der Waals surface area contributed by atoms with E-state index in [0.717, 1.165) is 63.1 Å². The minimum Gasteiger partial charge on any atom is -0.378 e.